The van der Waals surface area contributed by atoms with Crippen LogP contribution >= 0.6 is 0 Å². The molecule has 3 rings (SSSR count). The first-order chi connectivity index (χ1) is 8.99. The highest BCUT2D eigenvalue weighted by Crippen LogP contribution is 2.32. The number of ether oxygens (including phenoxy) is 1. The van der Waals surface area contributed by atoms with Crippen molar-refractivity contribution in [2.45, 2.75) is 39.6 Å². The van der Waals surface area contributed by atoms with Crippen molar-refractivity contribution in [3.05, 3.63) is 44.8 Å². The summed E-state index contributed by atoms with van der Waals surface area (Å²) < 4.78 is 11.1. The molecule has 2 heterocycles. The van der Waals surface area contributed by atoms with Crippen LogP contribution < -0.4 is 5.43 Å². The molecule has 1 aromatic heterocycles. The minimum absolute atomic E-state index is 0.0168. The maximum absolute atomic E-state index is 12.5. The summed E-state index contributed by atoms with van der Waals surface area (Å²) in [6, 6.07) is 3.50. The molecule has 2 atom stereocenters. The van der Waals surface area contributed by atoms with Crippen molar-refractivity contribution < 1.29 is 14.3 Å². The SMILES string of the molecule is Cc1oc2ccc3c(c2c(=O)c1C)CC(C)OC3O. The molecule has 1 aliphatic heterocycles. The average molecular weight is 260 g/mol. The van der Waals surface area contributed by atoms with Gasteiger partial charge in [-0.25, -0.2) is 0 Å². The Balaban J connectivity index is 2.42. The molecule has 4 heteroatoms. The third-order valence-electron chi connectivity index (χ3n) is 3.79. The van der Waals surface area contributed by atoms with E-state index in [2.05, 4.69) is 0 Å². The molecule has 0 spiro atoms. The predicted molar refractivity (Wildman–Crippen MR) is 71.2 cm³/mol. The van der Waals surface area contributed by atoms with Crippen molar-refractivity contribution in [3.63, 3.8) is 0 Å². The topological polar surface area (TPSA) is 59.7 Å². The first-order valence-electron chi connectivity index (χ1n) is 6.38. The predicted octanol–water partition coefficient (Wildman–Crippen LogP) is 2.36. The summed E-state index contributed by atoms with van der Waals surface area (Å²) in [6.07, 6.45) is -0.477. The Labute approximate surface area is 110 Å². The van der Waals surface area contributed by atoms with Gasteiger partial charge in [-0.15, -0.1) is 0 Å². The van der Waals surface area contributed by atoms with Gasteiger partial charge in [0, 0.05) is 11.1 Å². The number of aliphatic hydroxyl groups is 1. The summed E-state index contributed by atoms with van der Waals surface area (Å²) in [4.78, 5) is 12.5. The van der Waals surface area contributed by atoms with E-state index in [-0.39, 0.29) is 11.5 Å². The van der Waals surface area contributed by atoms with Gasteiger partial charge in [-0.05, 0) is 44.9 Å². The molecule has 0 saturated heterocycles. The third kappa shape index (κ3) is 1.79. The highest BCUT2D eigenvalue weighted by Gasteiger charge is 2.26. The fraction of sp³-hybridized carbons (Fsp3) is 0.400. The Bertz CT molecular complexity index is 714. The quantitative estimate of drug-likeness (QED) is 0.790. The van der Waals surface area contributed by atoms with E-state index >= 15 is 0 Å². The molecule has 2 aromatic rings. The lowest BCUT2D eigenvalue weighted by molar-refractivity contribution is -0.143. The van der Waals surface area contributed by atoms with Gasteiger partial charge in [-0.3, -0.25) is 4.79 Å². The van der Waals surface area contributed by atoms with E-state index in [0.29, 0.717) is 34.3 Å². The zero-order chi connectivity index (χ0) is 13.7. The summed E-state index contributed by atoms with van der Waals surface area (Å²) in [5.74, 6) is 0.637. The smallest absolute Gasteiger partial charge is 0.196 e. The number of rotatable bonds is 0. The Morgan fingerprint density at radius 1 is 1.32 bits per heavy atom. The fourth-order valence-corrected chi connectivity index (χ4v) is 2.65. The van der Waals surface area contributed by atoms with Crippen molar-refractivity contribution in [2.75, 3.05) is 0 Å². The molecule has 19 heavy (non-hydrogen) atoms. The number of benzene rings is 1. The van der Waals surface area contributed by atoms with Crippen molar-refractivity contribution in [2.24, 2.45) is 0 Å². The van der Waals surface area contributed by atoms with Gasteiger partial charge in [0.2, 0.25) is 0 Å². The molecule has 0 aliphatic carbocycles. The molecule has 0 amide bonds. The third-order valence-corrected chi connectivity index (χ3v) is 3.79. The Kier molecular flexibility index (Phi) is 2.73. The van der Waals surface area contributed by atoms with E-state index in [9.17, 15) is 9.90 Å². The summed E-state index contributed by atoms with van der Waals surface area (Å²) in [6.45, 7) is 5.43. The van der Waals surface area contributed by atoms with E-state index in [0.717, 1.165) is 5.56 Å². The summed E-state index contributed by atoms with van der Waals surface area (Å²) in [7, 11) is 0. The van der Waals surface area contributed by atoms with E-state index in [4.69, 9.17) is 9.15 Å². The molecule has 0 bridgehead atoms. The van der Waals surface area contributed by atoms with Gasteiger partial charge in [0.25, 0.3) is 0 Å². The molecule has 1 aromatic carbocycles. The van der Waals surface area contributed by atoms with Crippen LogP contribution in [0.4, 0.5) is 0 Å². The molecule has 2 unspecified atom stereocenters. The Morgan fingerprint density at radius 3 is 2.79 bits per heavy atom. The van der Waals surface area contributed by atoms with Crippen LogP contribution in [0.15, 0.2) is 21.3 Å². The van der Waals surface area contributed by atoms with Crippen molar-refractivity contribution in [3.8, 4) is 0 Å². The van der Waals surface area contributed by atoms with Crippen LogP contribution in [0.2, 0.25) is 0 Å². The molecule has 0 saturated carbocycles. The minimum atomic E-state index is -0.968. The fourth-order valence-electron chi connectivity index (χ4n) is 2.65. The van der Waals surface area contributed by atoms with Gasteiger partial charge >= 0.3 is 0 Å². The second kappa shape index (κ2) is 4.18. The molecule has 1 aliphatic rings. The van der Waals surface area contributed by atoms with E-state index in [1.807, 2.05) is 6.92 Å². The Morgan fingerprint density at radius 2 is 2.05 bits per heavy atom. The normalized spacial score (nSPS) is 22.5. The zero-order valence-corrected chi connectivity index (χ0v) is 11.2. The largest absolute Gasteiger partial charge is 0.461 e. The maximum Gasteiger partial charge on any atom is 0.196 e. The standard InChI is InChI=1S/C15H16O4/c1-7-6-11-10(15(17)18-7)4-5-12-13(11)14(16)8(2)9(3)19-12/h4-5,7,15,17H,6H2,1-3H3. The highest BCUT2D eigenvalue weighted by atomic mass is 16.6. The lowest BCUT2D eigenvalue weighted by Gasteiger charge is -2.27. The first kappa shape index (κ1) is 12.4. The van der Waals surface area contributed by atoms with E-state index in [1.54, 1.807) is 26.0 Å². The van der Waals surface area contributed by atoms with Gasteiger partial charge in [-0.1, -0.05) is 0 Å². The van der Waals surface area contributed by atoms with E-state index < -0.39 is 6.29 Å². The Hall–Kier alpha value is -1.65. The monoisotopic (exact) mass is 260 g/mol. The van der Waals surface area contributed by atoms with E-state index in [1.165, 1.54) is 0 Å². The second-order valence-corrected chi connectivity index (χ2v) is 5.12. The molecule has 1 N–H and O–H groups in total. The summed E-state index contributed by atoms with van der Waals surface area (Å²) in [5, 5.41) is 10.5. The van der Waals surface area contributed by atoms with Crippen LogP contribution in [0.25, 0.3) is 11.0 Å². The van der Waals surface area contributed by atoms with Crippen molar-refractivity contribution in [1.82, 2.24) is 0 Å². The second-order valence-electron chi connectivity index (χ2n) is 5.12. The maximum atomic E-state index is 12.5. The van der Waals surface area contributed by atoms with Gasteiger partial charge in [0.15, 0.2) is 11.7 Å². The number of fused-ring (bicyclic) bond motifs is 3. The van der Waals surface area contributed by atoms with Crippen molar-refractivity contribution in [1.29, 1.82) is 0 Å². The molecular weight excluding hydrogens is 244 g/mol. The van der Waals surface area contributed by atoms with Crippen LogP contribution in [0.1, 0.15) is 35.7 Å². The first-order valence-corrected chi connectivity index (χ1v) is 6.38. The van der Waals surface area contributed by atoms with Gasteiger partial charge < -0.3 is 14.3 Å². The average Bonchev–Trinajstić information content (AvgIpc) is 2.35. The van der Waals surface area contributed by atoms with Crippen LogP contribution in [-0.2, 0) is 11.2 Å². The van der Waals surface area contributed by atoms with Crippen molar-refractivity contribution >= 4 is 11.0 Å². The number of hydrogen-bond donors (Lipinski definition) is 1. The van der Waals surface area contributed by atoms with Gasteiger partial charge in [0.05, 0.1) is 11.5 Å². The zero-order valence-electron chi connectivity index (χ0n) is 11.2. The number of aryl methyl sites for hydroxylation is 1. The molecule has 0 radical (unpaired) electrons. The summed E-state index contributed by atoms with van der Waals surface area (Å²) >= 11 is 0. The number of aliphatic hydroxyl groups excluding tert-OH is 1. The highest BCUT2D eigenvalue weighted by molar-refractivity contribution is 5.82. The van der Waals surface area contributed by atoms with Crippen LogP contribution in [0.3, 0.4) is 0 Å². The van der Waals surface area contributed by atoms with Crippen LogP contribution in [0, 0.1) is 13.8 Å². The minimum Gasteiger partial charge on any atom is -0.461 e. The molecule has 0 fully saturated rings. The van der Waals surface area contributed by atoms with Crippen LogP contribution in [-0.4, -0.2) is 11.2 Å². The lowest BCUT2D eigenvalue weighted by Crippen LogP contribution is -2.25. The van der Waals surface area contributed by atoms with Gasteiger partial charge in [-0.2, -0.15) is 0 Å². The molecular formula is C15H16O4. The van der Waals surface area contributed by atoms with Gasteiger partial charge in [0.1, 0.15) is 11.3 Å². The van der Waals surface area contributed by atoms with Crippen LogP contribution in [0.5, 0.6) is 0 Å². The molecule has 4 nitrogen and oxygen atoms in total. The lowest BCUT2D eigenvalue weighted by atomic mass is 9.93. The number of hydrogen-bond acceptors (Lipinski definition) is 4. The summed E-state index contributed by atoms with van der Waals surface area (Å²) in [5.41, 5.74) is 2.70. The molecule has 100 valence electrons.